The molecule has 1 N–H and O–H groups in total. The molecule has 1 saturated carbocycles. The second kappa shape index (κ2) is 4.09. The predicted octanol–water partition coefficient (Wildman–Crippen LogP) is 3.81. The Morgan fingerprint density at radius 2 is 2.18 bits per heavy atom. The van der Waals surface area contributed by atoms with Gasteiger partial charge in [-0.25, -0.2) is 4.39 Å². The van der Waals surface area contributed by atoms with Crippen molar-refractivity contribution in [2.75, 3.05) is 5.32 Å². The van der Waals surface area contributed by atoms with Crippen LogP contribution in [0.2, 0.25) is 0 Å². The van der Waals surface area contributed by atoms with Crippen LogP contribution in [0.4, 0.5) is 10.1 Å². The Bertz CT molecular complexity index is 485. The number of fused-ring (bicyclic) bond motifs is 1. The lowest BCUT2D eigenvalue weighted by molar-refractivity contribution is -0.117. The Balaban J connectivity index is 1.94. The van der Waals surface area contributed by atoms with Gasteiger partial charge in [-0.3, -0.25) is 4.79 Å². The maximum Gasteiger partial charge on any atom is 0.232 e. The normalized spacial score (nSPS) is 23.2. The summed E-state index contributed by atoms with van der Waals surface area (Å²) in [6.07, 6.45) is 4.53. The first-order valence-electron chi connectivity index (χ1n) is 5.95. The van der Waals surface area contributed by atoms with Crippen molar-refractivity contribution in [3.8, 4) is 0 Å². The van der Waals surface area contributed by atoms with Gasteiger partial charge in [0.15, 0.2) is 0 Å². The van der Waals surface area contributed by atoms with Crippen LogP contribution in [-0.2, 0) is 4.79 Å². The van der Waals surface area contributed by atoms with Crippen molar-refractivity contribution in [2.45, 2.75) is 31.6 Å². The highest BCUT2D eigenvalue weighted by molar-refractivity contribution is 9.10. The SMILES string of the molecule is O=C1Nc2c(Br)cc(F)cc2C1CC1CCC1. The molecule has 2 aliphatic rings. The average Bonchev–Trinajstić information content (AvgIpc) is 2.49. The predicted molar refractivity (Wildman–Crippen MR) is 67.4 cm³/mol. The highest BCUT2D eigenvalue weighted by Gasteiger charge is 2.35. The Hall–Kier alpha value is -0.900. The van der Waals surface area contributed by atoms with Crippen LogP contribution in [0.5, 0.6) is 0 Å². The molecule has 0 saturated heterocycles. The highest BCUT2D eigenvalue weighted by Crippen LogP contribution is 2.44. The Morgan fingerprint density at radius 1 is 1.41 bits per heavy atom. The highest BCUT2D eigenvalue weighted by atomic mass is 79.9. The van der Waals surface area contributed by atoms with Crippen LogP contribution in [0.15, 0.2) is 16.6 Å². The minimum atomic E-state index is -0.286. The lowest BCUT2D eigenvalue weighted by atomic mass is 9.77. The fourth-order valence-corrected chi connectivity index (χ4v) is 3.19. The van der Waals surface area contributed by atoms with Gasteiger partial charge < -0.3 is 5.32 Å². The number of carbonyl (C=O) groups is 1. The lowest BCUT2D eigenvalue weighted by Gasteiger charge is -2.27. The van der Waals surface area contributed by atoms with Crippen molar-refractivity contribution >= 4 is 27.5 Å². The maximum atomic E-state index is 13.4. The van der Waals surface area contributed by atoms with E-state index in [1.807, 2.05) is 0 Å². The van der Waals surface area contributed by atoms with Crippen molar-refractivity contribution in [1.29, 1.82) is 0 Å². The topological polar surface area (TPSA) is 29.1 Å². The molecule has 3 rings (SSSR count). The molecule has 1 aliphatic heterocycles. The molecule has 1 heterocycles. The van der Waals surface area contributed by atoms with Gasteiger partial charge in [-0.1, -0.05) is 19.3 Å². The van der Waals surface area contributed by atoms with E-state index >= 15 is 0 Å². The number of benzene rings is 1. The minimum Gasteiger partial charge on any atom is -0.324 e. The summed E-state index contributed by atoms with van der Waals surface area (Å²) >= 11 is 3.30. The largest absolute Gasteiger partial charge is 0.324 e. The van der Waals surface area contributed by atoms with Crippen LogP contribution in [0.25, 0.3) is 0 Å². The van der Waals surface area contributed by atoms with Crippen molar-refractivity contribution in [1.82, 2.24) is 0 Å². The summed E-state index contributed by atoms with van der Waals surface area (Å²) in [6, 6.07) is 2.88. The van der Waals surface area contributed by atoms with Crippen LogP contribution < -0.4 is 5.32 Å². The first-order valence-corrected chi connectivity index (χ1v) is 6.74. The molecule has 2 nitrogen and oxygen atoms in total. The third-order valence-electron chi connectivity index (χ3n) is 3.82. The van der Waals surface area contributed by atoms with E-state index in [1.165, 1.54) is 31.4 Å². The zero-order valence-electron chi connectivity index (χ0n) is 9.30. The van der Waals surface area contributed by atoms with E-state index in [9.17, 15) is 9.18 Å². The third kappa shape index (κ3) is 1.88. The van der Waals surface area contributed by atoms with Gasteiger partial charge in [0.2, 0.25) is 5.91 Å². The van der Waals surface area contributed by atoms with E-state index in [-0.39, 0.29) is 17.6 Å². The van der Waals surface area contributed by atoms with Gasteiger partial charge >= 0.3 is 0 Å². The van der Waals surface area contributed by atoms with Crippen molar-refractivity contribution < 1.29 is 9.18 Å². The van der Waals surface area contributed by atoms with Crippen molar-refractivity contribution in [3.63, 3.8) is 0 Å². The summed E-state index contributed by atoms with van der Waals surface area (Å²) in [5.41, 5.74) is 1.56. The summed E-state index contributed by atoms with van der Waals surface area (Å²) in [6.45, 7) is 0. The van der Waals surface area contributed by atoms with Crippen LogP contribution >= 0.6 is 15.9 Å². The number of amides is 1. The number of halogens is 2. The molecule has 1 aliphatic carbocycles. The molecular formula is C13H13BrFNO. The quantitative estimate of drug-likeness (QED) is 0.883. The maximum absolute atomic E-state index is 13.4. The third-order valence-corrected chi connectivity index (χ3v) is 4.44. The van der Waals surface area contributed by atoms with Crippen LogP contribution in [-0.4, -0.2) is 5.91 Å². The number of hydrogen-bond donors (Lipinski definition) is 1. The molecule has 4 heteroatoms. The van der Waals surface area contributed by atoms with Gasteiger partial charge in [0.1, 0.15) is 5.82 Å². The van der Waals surface area contributed by atoms with Gasteiger partial charge in [-0.15, -0.1) is 0 Å². The summed E-state index contributed by atoms with van der Waals surface area (Å²) in [5.74, 6) is 0.199. The molecule has 90 valence electrons. The number of anilines is 1. The van der Waals surface area contributed by atoms with Gasteiger partial charge in [-0.2, -0.15) is 0 Å². The Morgan fingerprint density at radius 3 is 2.82 bits per heavy atom. The van der Waals surface area contributed by atoms with Gasteiger partial charge in [0.05, 0.1) is 11.6 Å². The van der Waals surface area contributed by atoms with Crippen LogP contribution in [0.3, 0.4) is 0 Å². The molecule has 0 radical (unpaired) electrons. The van der Waals surface area contributed by atoms with Gasteiger partial charge in [0, 0.05) is 4.47 Å². The van der Waals surface area contributed by atoms with Crippen LogP contribution in [0, 0.1) is 11.7 Å². The van der Waals surface area contributed by atoms with E-state index < -0.39 is 0 Å². The molecule has 1 fully saturated rings. The van der Waals surface area contributed by atoms with Gasteiger partial charge in [-0.05, 0) is 46.0 Å². The molecule has 1 amide bonds. The molecule has 1 aromatic carbocycles. The van der Waals surface area contributed by atoms with E-state index in [1.54, 1.807) is 0 Å². The molecule has 1 unspecified atom stereocenters. The number of rotatable bonds is 2. The van der Waals surface area contributed by atoms with E-state index in [0.717, 1.165) is 17.7 Å². The smallest absolute Gasteiger partial charge is 0.232 e. The molecule has 1 atom stereocenters. The molecule has 0 bridgehead atoms. The summed E-state index contributed by atoms with van der Waals surface area (Å²) < 4.78 is 14.0. The molecular weight excluding hydrogens is 285 g/mol. The second-order valence-corrected chi connectivity index (χ2v) is 5.78. The Kier molecular flexibility index (Phi) is 2.69. The number of hydrogen-bond acceptors (Lipinski definition) is 1. The molecule has 1 aromatic rings. The second-order valence-electron chi connectivity index (χ2n) is 4.93. The van der Waals surface area contributed by atoms with Crippen molar-refractivity contribution in [3.05, 3.63) is 28.0 Å². The molecule has 0 spiro atoms. The number of carbonyl (C=O) groups excluding carboxylic acids is 1. The monoisotopic (exact) mass is 297 g/mol. The Labute approximate surface area is 108 Å². The first kappa shape index (κ1) is 11.2. The van der Waals surface area contributed by atoms with E-state index in [2.05, 4.69) is 21.2 Å². The molecule has 0 aromatic heterocycles. The summed E-state index contributed by atoms with van der Waals surface area (Å²) in [4.78, 5) is 11.9. The summed E-state index contributed by atoms with van der Waals surface area (Å²) in [5, 5.41) is 2.84. The van der Waals surface area contributed by atoms with E-state index in [4.69, 9.17) is 0 Å². The van der Waals surface area contributed by atoms with Gasteiger partial charge in [0.25, 0.3) is 0 Å². The minimum absolute atomic E-state index is 0.0122. The zero-order chi connectivity index (χ0) is 12.0. The zero-order valence-corrected chi connectivity index (χ0v) is 10.9. The standard InChI is InChI=1S/C13H13BrFNO/c14-11-6-8(15)5-9-10(4-7-2-1-3-7)13(17)16-12(9)11/h5-7,10H,1-4H2,(H,16,17). The average molecular weight is 298 g/mol. The van der Waals surface area contributed by atoms with E-state index in [0.29, 0.717) is 10.4 Å². The molecule has 17 heavy (non-hydrogen) atoms. The summed E-state index contributed by atoms with van der Waals surface area (Å²) in [7, 11) is 0. The fraction of sp³-hybridized carbons (Fsp3) is 0.462. The lowest BCUT2D eigenvalue weighted by Crippen LogP contribution is -2.19. The first-order chi connectivity index (χ1) is 8.15. The fourth-order valence-electron chi connectivity index (χ4n) is 2.65. The van der Waals surface area contributed by atoms with Crippen LogP contribution in [0.1, 0.15) is 37.2 Å². The van der Waals surface area contributed by atoms with Crippen molar-refractivity contribution in [2.24, 2.45) is 5.92 Å². The number of nitrogens with one attached hydrogen (secondary N) is 1.